The fourth-order valence-corrected chi connectivity index (χ4v) is 4.16. The van der Waals surface area contributed by atoms with E-state index in [0.717, 1.165) is 21.5 Å². The molecular weight excluding hydrogens is 316 g/mol. The van der Waals surface area contributed by atoms with Gasteiger partial charge in [-0.15, -0.1) is 11.3 Å². The molecule has 4 heteroatoms. The average Bonchev–Trinajstić information content (AvgIpc) is 2.68. The number of rotatable bonds is 2. The molecule has 0 amide bonds. The number of ketones is 1. The molecule has 2 rings (SSSR count). The van der Waals surface area contributed by atoms with E-state index in [4.69, 9.17) is 0 Å². The summed E-state index contributed by atoms with van der Waals surface area (Å²) in [6, 6.07) is 0. The first kappa shape index (κ1) is 9.87. The summed E-state index contributed by atoms with van der Waals surface area (Å²) < 4.78 is 1.16. The van der Waals surface area contributed by atoms with Crippen LogP contribution in [0.4, 0.5) is 0 Å². The van der Waals surface area contributed by atoms with Gasteiger partial charge in [0, 0.05) is 0 Å². The lowest BCUT2D eigenvalue weighted by molar-refractivity contribution is 0.102. The van der Waals surface area contributed by atoms with E-state index in [0.29, 0.717) is 5.33 Å². The van der Waals surface area contributed by atoms with Crippen LogP contribution >= 0.6 is 43.2 Å². The lowest BCUT2D eigenvalue weighted by Gasteiger charge is -1.94. The van der Waals surface area contributed by atoms with Gasteiger partial charge in [0.15, 0.2) is 5.78 Å². The number of alkyl halides is 1. The zero-order chi connectivity index (χ0) is 9.42. The SMILES string of the molecule is O=C(CBr)c1sc(Br)c2c1CCC2. The van der Waals surface area contributed by atoms with Gasteiger partial charge in [-0.2, -0.15) is 0 Å². The van der Waals surface area contributed by atoms with E-state index in [1.807, 2.05) is 0 Å². The predicted molar refractivity (Wildman–Crippen MR) is 62.2 cm³/mol. The minimum absolute atomic E-state index is 0.217. The zero-order valence-corrected chi connectivity index (χ0v) is 10.9. The lowest BCUT2D eigenvalue weighted by atomic mass is 10.1. The van der Waals surface area contributed by atoms with Crippen LogP contribution < -0.4 is 0 Å². The molecule has 70 valence electrons. The van der Waals surface area contributed by atoms with Crippen LogP contribution in [0.25, 0.3) is 0 Å². The van der Waals surface area contributed by atoms with Gasteiger partial charge in [-0.1, -0.05) is 15.9 Å². The Balaban J connectivity index is 2.48. The number of carbonyl (C=O) groups is 1. The van der Waals surface area contributed by atoms with Crippen LogP contribution in [-0.4, -0.2) is 11.1 Å². The van der Waals surface area contributed by atoms with Crippen LogP contribution in [0, 0.1) is 0 Å². The average molecular weight is 324 g/mol. The highest BCUT2D eigenvalue weighted by molar-refractivity contribution is 9.11. The monoisotopic (exact) mass is 322 g/mol. The van der Waals surface area contributed by atoms with E-state index in [2.05, 4.69) is 31.9 Å². The molecule has 0 atom stereocenters. The summed E-state index contributed by atoms with van der Waals surface area (Å²) in [5.41, 5.74) is 2.66. The van der Waals surface area contributed by atoms with E-state index in [-0.39, 0.29) is 5.78 Å². The molecule has 1 aromatic rings. The molecule has 0 saturated heterocycles. The Morgan fingerprint density at radius 1 is 1.38 bits per heavy atom. The van der Waals surface area contributed by atoms with Crippen LogP contribution in [0.1, 0.15) is 27.2 Å². The zero-order valence-electron chi connectivity index (χ0n) is 6.90. The Morgan fingerprint density at radius 2 is 2.08 bits per heavy atom. The number of halogens is 2. The Hall–Kier alpha value is 0.330. The molecule has 1 aliphatic rings. The Labute approximate surface area is 97.8 Å². The van der Waals surface area contributed by atoms with Gasteiger partial charge in [-0.25, -0.2) is 0 Å². The minimum atomic E-state index is 0.217. The molecule has 0 radical (unpaired) electrons. The number of hydrogen-bond donors (Lipinski definition) is 0. The molecule has 0 N–H and O–H groups in total. The fraction of sp³-hybridized carbons (Fsp3) is 0.444. The first-order valence-corrected chi connectivity index (χ1v) is 6.86. The van der Waals surface area contributed by atoms with Crippen LogP contribution in [0.15, 0.2) is 3.79 Å². The van der Waals surface area contributed by atoms with Gasteiger partial charge in [-0.3, -0.25) is 4.79 Å². The van der Waals surface area contributed by atoms with Crippen LogP contribution in [0.3, 0.4) is 0 Å². The summed E-state index contributed by atoms with van der Waals surface area (Å²) in [6.07, 6.45) is 3.40. The lowest BCUT2D eigenvalue weighted by Crippen LogP contribution is -1.99. The van der Waals surface area contributed by atoms with Crippen molar-refractivity contribution in [1.82, 2.24) is 0 Å². The Bertz CT molecular complexity index is 357. The molecule has 0 spiro atoms. The van der Waals surface area contributed by atoms with Gasteiger partial charge < -0.3 is 0 Å². The maximum atomic E-state index is 11.5. The van der Waals surface area contributed by atoms with Crippen molar-refractivity contribution in [3.8, 4) is 0 Å². The second-order valence-electron chi connectivity index (χ2n) is 3.07. The minimum Gasteiger partial charge on any atom is -0.292 e. The first-order chi connectivity index (χ1) is 6.24. The normalized spacial score (nSPS) is 14.6. The molecule has 0 saturated carbocycles. The van der Waals surface area contributed by atoms with Crippen molar-refractivity contribution in [3.05, 3.63) is 19.8 Å². The first-order valence-electron chi connectivity index (χ1n) is 4.13. The highest BCUT2D eigenvalue weighted by Gasteiger charge is 2.24. The summed E-state index contributed by atoms with van der Waals surface area (Å²) in [6.45, 7) is 0. The highest BCUT2D eigenvalue weighted by atomic mass is 79.9. The third-order valence-electron chi connectivity index (χ3n) is 2.30. The van der Waals surface area contributed by atoms with Crippen molar-refractivity contribution in [2.75, 3.05) is 5.33 Å². The van der Waals surface area contributed by atoms with E-state index in [1.165, 1.54) is 17.5 Å². The van der Waals surface area contributed by atoms with E-state index in [9.17, 15) is 4.79 Å². The fourth-order valence-electron chi connectivity index (χ4n) is 1.71. The molecule has 0 aliphatic heterocycles. The number of Topliss-reactive ketones (excluding diaryl/α,β-unsaturated/α-hetero) is 1. The second-order valence-corrected chi connectivity index (χ2v) is 5.97. The molecule has 0 fully saturated rings. The maximum absolute atomic E-state index is 11.5. The van der Waals surface area contributed by atoms with Gasteiger partial charge >= 0.3 is 0 Å². The van der Waals surface area contributed by atoms with Crippen molar-refractivity contribution in [2.45, 2.75) is 19.3 Å². The smallest absolute Gasteiger partial charge is 0.183 e. The number of thiophene rings is 1. The third kappa shape index (κ3) is 1.64. The number of fused-ring (bicyclic) bond motifs is 1. The quantitative estimate of drug-likeness (QED) is 0.600. The highest BCUT2D eigenvalue weighted by Crippen LogP contribution is 2.39. The third-order valence-corrected chi connectivity index (χ3v) is 4.87. The van der Waals surface area contributed by atoms with Crippen molar-refractivity contribution in [2.24, 2.45) is 0 Å². The van der Waals surface area contributed by atoms with Crippen molar-refractivity contribution >= 4 is 49.0 Å². The van der Waals surface area contributed by atoms with Crippen molar-refractivity contribution in [1.29, 1.82) is 0 Å². The van der Waals surface area contributed by atoms with Crippen LogP contribution in [-0.2, 0) is 12.8 Å². The van der Waals surface area contributed by atoms with Gasteiger partial charge in [0.25, 0.3) is 0 Å². The molecule has 13 heavy (non-hydrogen) atoms. The number of hydrogen-bond acceptors (Lipinski definition) is 2. The molecule has 0 bridgehead atoms. The van der Waals surface area contributed by atoms with Gasteiger partial charge in [-0.05, 0) is 46.3 Å². The summed E-state index contributed by atoms with van der Waals surface area (Å²) in [5.74, 6) is 0.217. The molecule has 0 aromatic carbocycles. The van der Waals surface area contributed by atoms with Gasteiger partial charge in [0.2, 0.25) is 0 Å². The van der Waals surface area contributed by atoms with Crippen molar-refractivity contribution in [3.63, 3.8) is 0 Å². The van der Waals surface area contributed by atoms with Crippen LogP contribution in [0.5, 0.6) is 0 Å². The van der Waals surface area contributed by atoms with E-state index in [1.54, 1.807) is 11.3 Å². The number of carbonyl (C=O) groups excluding carboxylic acids is 1. The van der Waals surface area contributed by atoms with Crippen molar-refractivity contribution < 1.29 is 4.79 Å². The Morgan fingerprint density at radius 3 is 2.77 bits per heavy atom. The largest absolute Gasteiger partial charge is 0.292 e. The summed E-state index contributed by atoms with van der Waals surface area (Å²) in [7, 11) is 0. The molecule has 1 heterocycles. The summed E-state index contributed by atoms with van der Waals surface area (Å²) >= 11 is 8.31. The molecule has 1 nitrogen and oxygen atoms in total. The second kappa shape index (κ2) is 3.83. The molecule has 1 aliphatic carbocycles. The topological polar surface area (TPSA) is 17.1 Å². The molecular formula is C9H8Br2OS. The van der Waals surface area contributed by atoms with Gasteiger partial charge in [0.05, 0.1) is 14.0 Å². The predicted octanol–water partition coefficient (Wildman–Crippen LogP) is 3.58. The van der Waals surface area contributed by atoms with E-state index >= 15 is 0 Å². The molecule has 0 unspecified atom stereocenters. The van der Waals surface area contributed by atoms with Crippen LogP contribution in [0.2, 0.25) is 0 Å². The summed E-state index contributed by atoms with van der Waals surface area (Å²) in [5, 5.41) is 0.437. The standard InChI is InChI=1S/C9H8Br2OS/c10-4-7(12)8-5-2-1-3-6(5)9(11)13-8/h1-4H2. The van der Waals surface area contributed by atoms with Gasteiger partial charge in [0.1, 0.15) is 0 Å². The Kier molecular flexibility index (Phi) is 2.91. The molecule has 1 aromatic heterocycles. The van der Waals surface area contributed by atoms with E-state index < -0.39 is 0 Å². The summed E-state index contributed by atoms with van der Waals surface area (Å²) in [4.78, 5) is 12.5. The maximum Gasteiger partial charge on any atom is 0.183 e.